The highest BCUT2D eigenvalue weighted by atomic mass is 79.9. The summed E-state index contributed by atoms with van der Waals surface area (Å²) in [4.78, 5) is 0. The van der Waals surface area contributed by atoms with E-state index in [1.54, 1.807) is 17.4 Å². The third-order valence-corrected chi connectivity index (χ3v) is 3.99. The van der Waals surface area contributed by atoms with E-state index in [9.17, 15) is 4.39 Å². The molecular formula is C13H13BrFNS. The number of hydrogen-bond acceptors (Lipinski definition) is 2. The number of benzene rings is 1. The highest BCUT2D eigenvalue weighted by Crippen LogP contribution is 2.27. The molecule has 0 aliphatic carbocycles. The molecule has 0 aliphatic rings. The Morgan fingerprint density at radius 1 is 1.41 bits per heavy atom. The van der Waals surface area contributed by atoms with Crippen LogP contribution < -0.4 is 5.32 Å². The molecule has 0 saturated heterocycles. The summed E-state index contributed by atoms with van der Waals surface area (Å²) in [5.41, 5.74) is 3.09. The molecule has 0 saturated carbocycles. The van der Waals surface area contributed by atoms with Crippen LogP contribution in [-0.4, -0.2) is 0 Å². The van der Waals surface area contributed by atoms with Crippen LogP contribution in [0.3, 0.4) is 0 Å². The fourth-order valence-corrected chi connectivity index (χ4v) is 2.85. The summed E-state index contributed by atoms with van der Waals surface area (Å²) in [6.07, 6.45) is 0. The van der Waals surface area contributed by atoms with Gasteiger partial charge in [0, 0.05) is 11.7 Å². The van der Waals surface area contributed by atoms with E-state index < -0.39 is 0 Å². The van der Waals surface area contributed by atoms with Crippen molar-refractivity contribution >= 4 is 33.0 Å². The van der Waals surface area contributed by atoms with Gasteiger partial charge in [-0.15, -0.1) is 0 Å². The van der Waals surface area contributed by atoms with Crippen LogP contribution in [0.5, 0.6) is 0 Å². The van der Waals surface area contributed by atoms with Crippen LogP contribution >= 0.6 is 27.3 Å². The van der Waals surface area contributed by atoms with Gasteiger partial charge in [0.1, 0.15) is 5.82 Å². The van der Waals surface area contributed by atoms with Crippen molar-refractivity contribution in [1.29, 1.82) is 0 Å². The number of anilines is 1. The second-order valence-corrected chi connectivity index (χ2v) is 5.64. The van der Waals surface area contributed by atoms with Crippen molar-refractivity contribution in [2.24, 2.45) is 0 Å². The monoisotopic (exact) mass is 313 g/mol. The maximum absolute atomic E-state index is 13.5. The van der Waals surface area contributed by atoms with Gasteiger partial charge in [0.25, 0.3) is 0 Å². The van der Waals surface area contributed by atoms with E-state index in [-0.39, 0.29) is 11.9 Å². The van der Waals surface area contributed by atoms with E-state index in [0.29, 0.717) is 4.47 Å². The van der Waals surface area contributed by atoms with Gasteiger partial charge >= 0.3 is 0 Å². The fourth-order valence-electron chi connectivity index (χ4n) is 1.64. The third-order valence-electron chi connectivity index (χ3n) is 2.68. The molecule has 0 aliphatic heterocycles. The average molecular weight is 314 g/mol. The zero-order valence-corrected chi connectivity index (χ0v) is 12.0. The van der Waals surface area contributed by atoms with Crippen molar-refractivity contribution in [3.05, 3.63) is 50.4 Å². The van der Waals surface area contributed by atoms with E-state index in [1.807, 2.05) is 12.3 Å². The Hall–Kier alpha value is -0.870. The van der Waals surface area contributed by atoms with Gasteiger partial charge in [-0.1, -0.05) is 0 Å². The standard InChI is InChI=1S/C13H13BrFNS/c1-8-5-11(14)12(15)6-13(8)16-9(2)10-3-4-17-7-10/h3-7,9,16H,1-2H3. The number of nitrogens with one attached hydrogen (secondary N) is 1. The molecule has 1 N–H and O–H groups in total. The van der Waals surface area contributed by atoms with Crippen LogP contribution in [-0.2, 0) is 0 Å². The average Bonchev–Trinajstić information content (AvgIpc) is 2.79. The van der Waals surface area contributed by atoms with E-state index in [0.717, 1.165) is 11.3 Å². The quantitative estimate of drug-likeness (QED) is 0.828. The lowest BCUT2D eigenvalue weighted by molar-refractivity contribution is 0.620. The zero-order chi connectivity index (χ0) is 12.4. The first kappa shape index (κ1) is 12.6. The lowest BCUT2D eigenvalue weighted by atomic mass is 10.1. The molecule has 2 rings (SSSR count). The molecule has 0 spiro atoms. The molecule has 1 heterocycles. The Morgan fingerprint density at radius 3 is 2.82 bits per heavy atom. The summed E-state index contributed by atoms with van der Waals surface area (Å²) < 4.78 is 14.0. The molecule has 90 valence electrons. The largest absolute Gasteiger partial charge is 0.378 e. The maximum Gasteiger partial charge on any atom is 0.139 e. The van der Waals surface area contributed by atoms with Crippen molar-refractivity contribution in [3.63, 3.8) is 0 Å². The van der Waals surface area contributed by atoms with Crippen molar-refractivity contribution in [3.8, 4) is 0 Å². The number of halogens is 2. The van der Waals surface area contributed by atoms with Gasteiger partial charge in [-0.05, 0) is 69.9 Å². The van der Waals surface area contributed by atoms with Gasteiger partial charge in [-0.25, -0.2) is 4.39 Å². The number of thiophene rings is 1. The molecule has 0 amide bonds. The van der Waals surface area contributed by atoms with Crippen molar-refractivity contribution < 1.29 is 4.39 Å². The minimum atomic E-state index is -0.240. The van der Waals surface area contributed by atoms with Gasteiger partial charge in [0.05, 0.1) is 4.47 Å². The molecule has 0 bridgehead atoms. The molecule has 1 nitrogen and oxygen atoms in total. The van der Waals surface area contributed by atoms with E-state index in [2.05, 4.69) is 39.6 Å². The van der Waals surface area contributed by atoms with Crippen molar-refractivity contribution in [2.45, 2.75) is 19.9 Å². The summed E-state index contributed by atoms with van der Waals surface area (Å²) in [6.45, 7) is 4.04. The van der Waals surface area contributed by atoms with E-state index >= 15 is 0 Å². The first-order valence-electron chi connectivity index (χ1n) is 5.32. The molecule has 1 aromatic carbocycles. The van der Waals surface area contributed by atoms with Crippen LogP contribution in [0.4, 0.5) is 10.1 Å². The SMILES string of the molecule is Cc1cc(Br)c(F)cc1NC(C)c1ccsc1. The lowest BCUT2D eigenvalue weighted by Crippen LogP contribution is -2.07. The summed E-state index contributed by atoms with van der Waals surface area (Å²) in [7, 11) is 0. The Balaban J connectivity index is 2.22. The second kappa shape index (κ2) is 5.19. The van der Waals surface area contributed by atoms with Crippen LogP contribution in [0.2, 0.25) is 0 Å². The van der Waals surface area contributed by atoms with Crippen LogP contribution in [0, 0.1) is 12.7 Å². The highest BCUT2D eigenvalue weighted by Gasteiger charge is 2.09. The summed E-state index contributed by atoms with van der Waals surface area (Å²) in [5.74, 6) is -0.240. The van der Waals surface area contributed by atoms with Gasteiger partial charge in [0.2, 0.25) is 0 Å². The number of hydrogen-bond donors (Lipinski definition) is 1. The fraction of sp³-hybridized carbons (Fsp3) is 0.231. The van der Waals surface area contributed by atoms with Gasteiger partial charge < -0.3 is 5.32 Å². The van der Waals surface area contributed by atoms with Crippen LogP contribution in [0.25, 0.3) is 0 Å². The molecule has 1 aromatic heterocycles. The predicted octanol–water partition coefficient (Wildman–Crippen LogP) is 5.13. The smallest absolute Gasteiger partial charge is 0.139 e. The zero-order valence-electron chi connectivity index (χ0n) is 9.63. The number of aryl methyl sites for hydroxylation is 1. The first-order valence-corrected chi connectivity index (χ1v) is 7.06. The summed E-state index contributed by atoms with van der Waals surface area (Å²) >= 11 is 4.85. The van der Waals surface area contributed by atoms with Gasteiger partial charge in [-0.2, -0.15) is 11.3 Å². The van der Waals surface area contributed by atoms with Crippen LogP contribution in [0.1, 0.15) is 24.1 Å². The van der Waals surface area contributed by atoms with Gasteiger partial charge in [-0.3, -0.25) is 0 Å². The summed E-state index contributed by atoms with van der Waals surface area (Å²) in [6, 6.07) is 5.58. The minimum absolute atomic E-state index is 0.181. The van der Waals surface area contributed by atoms with Crippen molar-refractivity contribution in [2.75, 3.05) is 5.32 Å². The molecule has 17 heavy (non-hydrogen) atoms. The Morgan fingerprint density at radius 2 is 2.18 bits per heavy atom. The first-order chi connectivity index (χ1) is 8.08. The minimum Gasteiger partial charge on any atom is -0.378 e. The molecule has 0 radical (unpaired) electrons. The predicted molar refractivity (Wildman–Crippen MR) is 75.2 cm³/mol. The molecule has 1 unspecified atom stereocenters. The van der Waals surface area contributed by atoms with Crippen molar-refractivity contribution in [1.82, 2.24) is 0 Å². The summed E-state index contributed by atoms with van der Waals surface area (Å²) in [5, 5.41) is 7.47. The topological polar surface area (TPSA) is 12.0 Å². The molecule has 0 fully saturated rings. The van der Waals surface area contributed by atoms with E-state index in [4.69, 9.17) is 0 Å². The molecular weight excluding hydrogens is 301 g/mol. The second-order valence-electron chi connectivity index (χ2n) is 4.00. The molecule has 2 aromatic rings. The normalized spacial score (nSPS) is 12.5. The maximum atomic E-state index is 13.5. The lowest BCUT2D eigenvalue weighted by Gasteiger charge is -2.16. The van der Waals surface area contributed by atoms with Gasteiger partial charge in [0.15, 0.2) is 0 Å². The Labute approximate surface area is 113 Å². The highest BCUT2D eigenvalue weighted by molar-refractivity contribution is 9.10. The third kappa shape index (κ3) is 2.87. The Bertz CT molecular complexity index is 510. The molecule has 1 atom stereocenters. The number of rotatable bonds is 3. The van der Waals surface area contributed by atoms with E-state index in [1.165, 1.54) is 11.6 Å². The van der Waals surface area contributed by atoms with Crippen LogP contribution in [0.15, 0.2) is 33.4 Å². The molecule has 4 heteroatoms. The Kier molecular flexibility index (Phi) is 3.84.